The molecule has 0 heterocycles. The van der Waals surface area contributed by atoms with E-state index in [4.69, 9.17) is 4.74 Å². The van der Waals surface area contributed by atoms with Gasteiger partial charge in [0.15, 0.2) is 6.29 Å². The molecule has 10 heavy (non-hydrogen) atoms. The fourth-order valence-corrected chi connectivity index (χ4v) is 0.514. The lowest BCUT2D eigenvalue weighted by Crippen LogP contribution is -2.26. The lowest BCUT2D eigenvalue weighted by Gasteiger charge is -2.17. The molecule has 2 heteroatoms. The zero-order chi connectivity index (χ0) is 8.04. The molecule has 0 aliphatic carbocycles. The van der Waals surface area contributed by atoms with Gasteiger partial charge in [0.2, 0.25) is 0 Å². The Labute approximate surface area is 62.6 Å². The third kappa shape index (κ3) is 4.50. The molecule has 0 saturated heterocycles. The average Bonchev–Trinajstić information content (AvgIpc) is 1.89. The van der Waals surface area contributed by atoms with Crippen LogP contribution in [0.2, 0.25) is 0 Å². The minimum atomic E-state index is -0.588. The summed E-state index contributed by atoms with van der Waals surface area (Å²) in [6, 6.07) is 0. The second kappa shape index (κ2) is 4.45. The molecule has 0 aromatic carbocycles. The van der Waals surface area contributed by atoms with Crippen LogP contribution in [-0.2, 0) is 9.53 Å². The van der Waals surface area contributed by atoms with E-state index in [1.54, 1.807) is 13.8 Å². The van der Waals surface area contributed by atoms with Crippen LogP contribution >= 0.6 is 0 Å². The van der Waals surface area contributed by atoms with Crippen molar-refractivity contribution in [3.05, 3.63) is 0 Å². The van der Waals surface area contributed by atoms with Gasteiger partial charge in [0.25, 0.3) is 0 Å². The highest BCUT2D eigenvalue weighted by Gasteiger charge is 2.15. The van der Waals surface area contributed by atoms with Crippen LogP contribution in [0.3, 0.4) is 0 Å². The maximum absolute atomic E-state index is 10.3. The van der Waals surface area contributed by atoms with Crippen molar-refractivity contribution in [2.75, 3.05) is 6.61 Å². The van der Waals surface area contributed by atoms with E-state index in [9.17, 15) is 4.79 Å². The molecule has 0 radical (unpaired) electrons. The maximum Gasteiger partial charge on any atom is 0.151 e. The molecule has 0 unspecified atom stereocenters. The Kier molecular flexibility index (Phi) is 4.28. The van der Waals surface area contributed by atoms with Crippen molar-refractivity contribution in [1.29, 1.82) is 0 Å². The number of rotatable bonds is 5. The Morgan fingerprint density at radius 3 is 2.50 bits per heavy atom. The Bertz CT molecular complexity index is 97.4. The van der Waals surface area contributed by atoms with Crippen LogP contribution in [-0.4, -0.2) is 18.5 Å². The van der Waals surface area contributed by atoms with Gasteiger partial charge in [-0.05, 0) is 20.3 Å². The van der Waals surface area contributed by atoms with Crippen molar-refractivity contribution in [2.24, 2.45) is 0 Å². The maximum atomic E-state index is 10.3. The van der Waals surface area contributed by atoms with Gasteiger partial charge in [-0.1, -0.05) is 13.3 Å². The summed E-state index contributed by atoms with van der Waals surface area (Å²) in [5.74, 6) is 0. The van der Waals surface area contributed by atoms with E-state index < -0.39 is 5.60 Å². The van der Waals surface area contributed by atoms with Gasteiger partial charge in [0.05, 0.1) is 0 Å². The lowest BCUT2D eigenvalue weighted by atomic mass is 10.2. The molecule has 0 atom stereocenters. The number of carbonyl (C=O) groups excluding carboxylic acids is 1. The number of hydrogen-bond donors (Lipinski definition) is 0. The molecule has 0 aliphatic rings. The van der Waals surface area contributed by atoms with E-state index in [2.05, 4.69) is 6.92 Å². The van der Waals surface area contributed by atoms with Crippen molar-refractivity contribution < 1.29 is 9.53 Å². The van der Waals surface area contributed by atoms with Gasteiger partial charge in [-0.15, -0.1) is 0 Å². The molecule has 60 valence electrons. The predicted octanol–water partition coefficient (Wildman–Crippen LogP) is 1.78. The van der Waals surface area contributed by atoms with Crippen LogP contribution in [0.5, 0.6) is 0 Å². The zero-order valence-corrected chi connectivity index (χ0v) is 7.02. The number of ether oxygens (including phenoxy) is 1. The lowest BCUT2D eigenvalue weighted by molar-refractivity contribution is -0.127. The summed E-state index contributed by atoms with van der Waals surface area (Å²) in [5, 5.41) is 0. The molecule has 2 nitrogen and oxygen atoms in total. The van der Waals surface area contributed by atoms with Crippen LogP contribution in [0.4, 0.5) is 0 Å². The molecule has 0 fully saturated rings. The molecule has 0 spiro atoms. The van der Waals surface area contributed by atoms with Crippen LogP contribution < -0.4 is 0 Å². The fraction of sp³-hybridized carbons (Fsp3) is 0.875. The van der Waals surface area contributed by atoms with E-state index in [0.717, 1.165) is 19.1 Å². The fourth-order valence-electron chi connectivity index (χ4n) is 0.514. The Morgan fingerprint density at radius 1 is 1.50 bits per heavy atom. The monoisotopic (exact) mass is 144 g/mol. The minimum absolute atomic E-state index is 0.588. The number of aldehydes is 1. The average molecular weight is 144 g/mol. The second-order valence-electron chi connectivity index (χ2n) is 2.92. The topological polar surface area (TPSA) is 26.3 Å². The first kappa shape index (κ1) is 9.63. The first-order chi connectivity index (χ1) is 4.62. The first-order valence-electron chi connectivity index (χ1n) is 3.72. The summed E-state index contributed by atoms with van der Waals surface area (Å²) in [6.07, 6.45) is 2.97. The number of carbonyl (C=O) groups is 1. The number of unbranched alkanes of at least 4 members (excludes halogenated alkanes) is 1. The highest BCUT2D eigenvalue weighted by atomic mass is 16.5. The summed E-state index contributed by atoms with van der Waals surface area (Å²) in [4.78, 5) is 10.3. The van der Waals surface area contributed by atoms with Gasteiger partial charge >= 0.3 is 0 Å². The Hall–Kier alpha value is -0.370. The molecule has 0 saturated carbocycles. The van der Waals surface area contributed by atoms with Crippen molar-refractivity contribution in [1.82, 2.24) is 0 Å². The molecule has 0 bridgehead atoms. The van der Waals surface area contributed by atoms with E-state index in [1.807, 2.05) is 0 Å². The van der Waals surface area contributed by atoms with Crippen molar-refractivity contribution >= 4 is 6.29 Å². The molecule has 0 N–H and O–H groups in total. The van der Waals surface area contributed by atoms with Crippen LogP contribution in [0.15, 0.2) is 0 Å². The van der Waals surface area contributed by atoms with E-state index in [-0.39, 0.29) is 0 Å². The summed E-state index contributed by atoms with van der Waals surface area (Å²) in [5.41, 5.74) is -0.588. The normalized spacial score (nSPS) is 11.5. The molecule has 0 aliphatic heterocycles. The molecular formula is C8H16O2. The van der Waals surface area contributed by atoms with Crippen LogP contribution in [0, 0.1) is 0 Å². The predicted molar refractivity (Wildman–Crippen MR) is 41.0 cm³/mol. The van der Waals surface area contributed by atoms with Gasteiger partial charge in [0, 0.05) is 6.61 Å². The summed E-state index contributed by atoms with van der Waals surface area (Å²) < 4.78 is 5.25. The van der Waals surface area contributed by atoms with E-state index in [1.165, 1.54) is 0 Å². The molecule has 0 amide bonds. The van der Waals surface area contributed by atoms with Gasteiger partial charge in [-0.3, -0.25) is 0 Å². The summed E-state index contributed by atoms with van der Waals surface area (Å²) >= 11 is 0. The third-order valence-corrected chi connectivity index (χ3v) is 1.26. The van der Waals surface area contributed by atoms with Gasteiger partial charge < -0.3 is 9.53 Å². The SMILES string of the molecule is CCCCOC(C)(C)C=O. The van der Waals surface area contributed by atoms with Crippen LogP contribution in [0.1, 0.15) is 33.6 Å². The van der Waals surface area contributed by atoms with Crippen molar-refractivity contribution in [3.63, 3.8) is 0 Å². The largest absolute Gasteiger partial charge is 0.368 e. The Balaban J connectivity index is 3.37. The molecule has 0 aromatic rings. The van der Waals surface area contributed by atoms with Crippen LogP contribution in [0.25, 0.3) is 0 Å². The minimum Gasteiger partial charge on any atom is -0.368 e. The van der Waals surface area contributed by atoms with Gasteiger partial charge in [-0.25, -0.2) is 0 Å². The molecular weight excluding hydrogens is 128 g/mol. The van der Waals surface area contributed by atoms with E-state index in [0.29, 0.717) is 6.61 Å². The van der Waals surface area contributed by atoms with E-state index >= 15 is 0 Å². The second-order valence-corrected chi connectivity index (χ2v) is 2.92. The quantitative estimate of drug-likeness (QED) is 0.434. The van der Waals surface area contributed by atoms with Crippen molar-refractivity contribution in [2.45, 2.75) is 39.2 Å². The van der Waals surface area contributed by atoms with Crippen molar-refractivity contribution in [3.8, 4) is 0 Å². The summed E-state index contributed by atoms with van der Waals surface area (Å²) in [7, 11) is 0. The Morgan fingerprint density at radius 2 is 2.10 bits per heavy atom. The molecule has 0 rings (SSSR count). The highest BCUT2D eigenvalue weighted by Crippen LogP contribution is 2.05. The summed E-state index contributed by atoms with van der Waals surface area (Å²) in [6.45, 7) is 6.32. The smallest absolute Gasteiger partial charge is 0.151 e. The zero-order valence-electron chi connectivity index (χ0n) is 7.02. The first-order valence-corrected chi connectivity index (χ1v) is 3.72. The standard InChI is InChI=1S/C8H16O2/c1-4-5-6-10-8(2,3)7-9/h7H,4-6H2,1-3H3. The highest BCUT2D eigenvalue weighted by molar-refractivity contribution is 5.60. The van der Waals surface area contributed by atoms with Gasteiger partial charge in [0.1, 0.15) is 5.60 Å². The van der Waals surface area contributed by atoms with Gasteiger partial charge in [-0.2, -0.15) is 0 Å². The molecule has 0 aromatic heterocycles. The number of hydrogen-bond acceptors (Lipinski definition) is 2. The third-order valence-electron chi connectivity index (χ3n) is 1.26.